The monoisotopic (exact) mass is 266 g/mol. The number of hydrogen-bond acceptors (Lipinski definition) is 3. The van der Waals surface area contributed by atoms with E-state index in [0.29, 0.717) is 0 Å². The van der Waals surface area contributed by atoms with Crippen molar-refractivity contribution in [3.8, 4) is 0 Å². The second-order valence-electron chi connectivity index (χ2n) is 4.93. The molecule has 2 heterocycles. The van der Waals surface area contributed by atoms with Crippen LogP contribution in [-0.4, -0.2) is 21.7 Å². The lowest BCUT2D eigenvalue weighted by Crippen LogP contribution is -2.05. The molecule has 0 atom stereocenters. The first kappa shape index (κ1) is 12.7. The zero-order valence-electron chi connectivity index (χ0n) is 11.6. The highest BCUT2D eigenvalue weighted by Gasteiger charge is 2.02. The predicted octanol–water partition coefficient (Wildman–Crippen LogP) is 3.31. The molecule has 4 nitrogen and oxygen atoms in total. The Bertz CT molecular complexity index is 697. The van der Waals surface area contributed by atoms with Crippen molar-refractivity contribution in [3.05, 3.63) is 54.0 Å². The standard InChI is InChI=1S/C16H18N4/c1-12-14(11-19-20-12)6-4-9-17-16-15-7-3-2-5-13(15)8-10-18-16/h2-3,5,7-8,10-11H,4,6,9H2,1H3,(H,17,18)(H,19,20). The van der Waals surface area contributed by atoms with Gasteiger partial charge >= 0.3 is 0 Å². The molecule has 102 valence electrons. The van der Waals surface area contributed by atoms with Crippen LogP contribution >= 0.6 is 0 Å². The summed E-state index contributed by atoms with van der Waals surface area (Å²) < 4.78 is 0. The average Bonchev–Trinajstić information content (AvgIpc) is 2.89. The highest BCUT2D eigenvalue weighted by atomic mass is 15.1. The molecule has 4 heteroatoms. The van der Waals surface area contributed by atoms with E-state index in [4.69, 9.17) is 0 Å². The molecule has 0 spiro atoms. The van der Waals surface area contributed by atoms with Crippen molar-refractivity contribution in [3.63, 3.8) is 0 Å². The van der Waals surface area contributed by atoms with Gasteiger partial charge in [-0.3, -0.25) is 5.10 Å². The summed E-state index contributed by atoms with van der Waals surface area (Å²) in [7, 11) is 0. The molecule has 0 saturated heterocycles. The fourth-order valence-corrected chi connectivity index (χ4v) is 2.37. The highest BCUT2D eigenvalue weighted by molar-refractivity contribution is 5.91. The minimum atomic E-state index is 0.908. The largest absolute Gasteiger partial charge is 0.370 e. The Balaban J connectivity index is 1.62. The van der Waals surface area contributed by atoms with Gasteiger partial charge in [-0.2, -0.15) is 5.10 Å². The number of aromatic nitrogens is 3. The summed E-state index contributed by atoms with van der Waals surface area (Å²) >= 11 is 0. The van der Waals surface area contributed by atoms with Crippen LogP contribution in [0.2, 0.25) is 0 Å². The zero-order valence-corrected chi connectivity index (χ0v) is 11.6. The predicted molar refractivity (Wildman–Crippen MR) is 81.9 cm³/mol. The molecule has 1 aromatic carbocycles. The van der Waals surface area contributed by atoms with E-state index in [2.05, 4.69) is 39.6 Å². The lowest BCUT2D eigenvalue weighted by Gasteiger charge is -2.08. The zero-order chi connectivity index (χ0) is 13.8. The second kappa shape index (κ2) is 5.74. The third-order valence-corrected chi connectivity index (χ3v) is 3.52. The van der Waals surface area contributed by atoms with Crippen LogP contribution in [0.15, 0.2) is 42.7 Å². The van der Waals surface area contributed by atoms with E-state index in [9.17, 15) is 0 Å². The molecule has 0 aliphatic rings. The summed E-state index contributed by atoms with van der Waals surface area (Å²) in [5.74, 6) is 0.965. The first-order chi connectivity index (χ1) is 9.84. The highest BCUT2D eigenvalue weighted by Crippen LogP contribution is 2.20. The van der Waals surface area contributed by atoms with Gasteiger partial charge in [-0.05, 0) is 36.8 Å². The van der Waals surface area contributed by atoms with Crippen molar-refractivity contribution in [2.24, 2.45) is 0 Å². The first-order valence-corrected chi connectivity index (χ1v) is 6.91. The van der Waals surface area contributed by atoms with E-state index in [1.807, 2.05) is 30.6 Å². The van der Waals surface area contributed by atoms with Crippen LogP contribution in [0.3, 0.4) is 0 Å². The Kier molecular flexibility index (Phi) is 3.63. The van der Waals surface area contributed by atoms with Crippen LogP contribution < -0.4 is 5.32 Å². The number of fused-ring (bicyclic) bond motifs is 1. The number of nitrogens with zero attached hydrogens (tertiary/aromatic N) is 2. The molecule has 3 aromatic rings. The Hall–Kier alpha value is -2.36. The number of aryl methyl sites for hydroxylation is 2. The van der Waals surface area contributed by atoms with E-state index in [1.165, 1.54) is 16.3 Å². The van der Waals surface area contributed by atoms with Gasteiger partial charge in [-0.25, -0.2) is 4.98 Å². The summed E-state index contributed by atoms with van der Waals surface area (Å²) in [6.07, 6.45) is 5.85. The summed E-state index contributed by atoms with van der Waals surface area (Å²) in [4.78, 5) is 4.43. The van der Waals surface area contributed by atoms with Crippen LogP contribution in [0.25, 0.3) is 10.8 Å². The number of rotatable bonds is 5. The van der Waals surface area contributed by atoms with Gasteiger partial charge in [-0.15, -0.1) is 0 Å². The van der Waals surface area contributed by atoms with Gasteiger partial charge in [0, 0.05) is 23.8 Å². The molecule has 2 N–H and O–H groups in total. The van der Waals surface area contributed by atoms with Gasteiger partial charge in [0.15, 0.2) is 0 Å². The van der Waals surface area contributed by atoms with Gasteiger partial charge in [0.2, 0.25) is 0 Å². The van der Waals surface area contributed by atoms with Crippen LogP contribution in [0.4, 0.5) is 5.82 Å². The second-order valence-corrected chi connectivity index (χ2v) is 4.93. The number of anilines is 1. The Morgan fingerprint density at radius 1 is 1.20 bits per heavy atom. The third kappa shape index (κ3) is 2.64. The molecule has 0 amide bonds. The number of aromatic amines is 1. The van der Waals surface area contributed by atoms with Crippen LogP contribution in [0.5, 0.6) is 0 Å². The SMILES string of the molecule is Cc1[nH]ncc1CCCNc1nccc2ccccc12. The van der Waals surface area contributed by atoms with Gasteiger partial charge in [0.25, 0.3) is 0 Å². The van der Waals surface area contributed by atoms with Gasteiger partial charge in [0.05, 0.1) is 6.20 Å². The molecule has 0 radical (unpaired) electrons. The van der Waals surface area contributed by atoms with Crippen molar-refractivity contribution >= 4 is 16.6 Å². The average molecular weight is 266 g/mol. The number of benzene rings is 1. The molecule has 0 saturated carbocycles. The fourth-order valence-electron chi connectivity index (χ4n) is 2.37. The van der Waals surface area contributed by atoms with E-state index in [-0.39, 0.29) is 0 Å². The summed E-state index contributed by atoms with van der Waals surface area (Å²) in [5, 5.41) is 12.8. The van der Waals surface area contributed by atoms with E-state index < -0.39 is 0 Å². The smallest absolute Gasteiger partial charge is 0.133 e. The minimum absolute atomic E-state index is 0.908. The van der Waals surface area contributed by atoms with Gasteiger partial charge in [-0.1, -0.05) is 24.3 Å². The molecule has 2 aromatic heterocycles. The fraction of sp³-hybridized carbons (Fsp3) is 0.250. The van der Waals surface area contributed by atoms with Gasteiger partial charge in [0.1, 0.15) is 5.82 Å². The molecule has 3 rings (SSSR count). The summed E-state index contributed by atoms with van der Waals surface area (Å²) in [5.41, 5.74) is 2.45. The van der Waals surface area contributed by atoms with Crippen molar-refractivity contribution in [2.45, 2.75) is 19.8 Å². The quantitative estimate of drug-likeness (QED) is 0.697. The van der Waals surface area contributed by atoms with Gasteiger partial charge < -0.3 is 5.32 Å². The number of H-pyrrole nitrogens is 1. The first-order valence-electron chi connectivity index (χ1n) is 6.91. The maximum atomic E-state index is 4.43. The van der Waals surface area contributed by atoms with E-state index >= 15 is 0 Å². The number of hydrogen-bond donors (Lipinski definition) is 2. The Labute approximate surface area is 118 Å². The Morgan fingerprint density at radius 3 is 2.95 bits per heavy atom. The van der Waals surface area contributed by atoms with Crippen molar-refractivity contribution < 1.29 is 0 Å². The topological polar surface area (TPSA) is 53.6 Å². The van der Waals surface area contributed by atoms with Crippen molar-refractivity contribution in [1.29, 1.82) is 0 Å². The van der Waals surface area contributed by atoms with Crippen LogP contribution in [0, 0.1) is 6.92 Å². The van der Waals surface area contributed by atoms with Crippen LogP contribution in [0.1, 0.15) is 17.7 Å². The molecular formula is C16H18N4. The third-order valence-electron chi connectivity index (χ3n) is 3.52. The molecule has 0 unspecified atom stereocenters. The van der Waals surface area contributed by atoms with Crippen LogP contribution in [-0.2, 0) is 6.42 Å². The van der Waals surface area contributed by atoms with E-state index in [1.54, 1.807) is 0 Å². The maximum absolute atomic E-state index is 4.43. The summed E-state index contributed by atoms with van der Waals surface area (Å²) in [6.45, 7) is 2.97. The minimum Gasteiger partial charge on any atom is -0.370 e. The molecule has 0 bridgehead atoms. The van der Waals surface area contributed by atoms with Crippen molar-refractivity contribution in [1.82, 2.24) is 15.2 Å². The molecule has 0 aliphatic carbocycles. The molecule has 0 aliphatic heterocycles. The molecule has 20 heavy (non-hydrogen) atoms. The number of nitrogens with one attached hydrogen (secondary N) is 2. The van der Waals surface area contributed by atoms with Crippen molar-refractivity contribution in [2.75, 3.05) is 11.9 Å². The normalized spacial score (nSPS) is 10.8. The lowest BCUT2D eigenvalue weighted by molar-refractivity contribution is 0.854. The Morgan fingerprint density at radius 2 is 2.10 bits per heavy atom. The summed E-state index contributed by atoms with van der Waals surface area (Å²) in [6, 6.07) is 10.3. The lowest BCUT2D eigenvalue weighted by atomic mass is 10.1. The number of pyridine rings is 1. The maximum Gasteiger partial charge on any atom is 0.133 e. The molecule has 0 fully saturated rings. The van der Waals surface area contributed by atoms with E-state index in [0.717, 1.165) is 30.9 Å². The molecular weight excluding hydrogens is 248 g/mol.